The molecule has 1 aromatic heterocycles. The molecular weight excluding hydrogens is 288 g/mol. The Morgan fingerprint density at radius 1 is 1.43 bits per heavy atom. The van der Waals surface area contributed by atoms with E-state index in [1.807, 2.05) is 7.05 Å². The lowest BCUT2D eigenvalue weighted by Gasteiger charge is -2.25. The van der Waals surface area contributed by atoms with Crippen LogP contribution in [-0.2, 0) is 0 Å². The van der Waals surface area contributed by atoms with Gasteiger partial charge in [0.1, 0.15) is 5.00 Å². The molecule has 1 saturated heterocycles. The maximum absolute atomic E-state index is 12.1. The number of carbonyl (C=O) groups is 1. The minimum Gasteiger partial charge on any atom is -0.326 e. The van der Waals surface area contributed by atoms with Crippen molar-refractivity contribution in [1.82, 2.24) is 25.3 Å². The van der Waals surface area contributed by atoms with Gasteiger partial charge in [-0.15, -0.1) is 5.10 Å². The van der Waals surface area contributed by atoms with Crippen LogP contribution >= 0.6 is 11.5 Å². The third-order valence-electron chi connectivity index (χ3n) is 4.45. The van der Waals surface area contributed by atoms with Gasteiger partial charge in [-0.1, -0.05) is 23.8 Å². The van der Waals surface area contributed by atoms with E-state index in [2.05, 4.69) is 25.8 Å². The molecule has 1 saturated carbocycles. The number of hydrazine groups is 1. The first-order valence-corrected chi connectivity index (χ1v) is 8.32. The number of urea groups is 1. The van der Waals surface area contributed by atoms with E-state index in [1.165, 1.54) is 43.6 Å². The minimum absolute atomic E-state index is 0.111. The van der Waals surface area contributed by atoms with Gasteiger partial charge in [-0.05, 0) is 18.8 Å². The lowest BCUT2D eigenvalue weighted by atomic mass is 9.90. The second-order valence-corrected chi connectivity index (χ2v) is 6.68. The molecule has 21 heavy (non-hydrogen) atoms. The summed E-state index contributed by atoms with van der Waals surface area (Å²) in [5.41, 5.74) is 6.79. The lowest BCUT2D eigenvalue weighted by molar-refractivity contribution is 0.212. The van der Waals surface area contributed by atoms with Crippen molar-refractivity contribution in [3.8, 4) is 0 Å². The highest BCUT2D eigenvalue weighted by atomic mass is 32.1. The first-order valence-electron chi connectivity index (χ1n) is 7.54. The van der Waals surface area contributed by atoms with Crippen LogP contribution in [-0.4, -0.2) is 46.2 Å². The van der Waals surface area contributed by atoms with Crippen LogP contribution in [0.4, 0.5) is 9.80 Å². The summed E-state index contributed by atoms with van der Waals surface area (Å²) in [6.45, 7) is 0.701. The molecular formula is C13H22N6OS. The highest BCUT2D eigenvalue weighted by Crippen LogP contribution is 2.29. The summed E-state index contributed by atoms with van der Waals surface area (Å²) in [4.78, 5) is 13.9. The number of hydrogen-bond acceptors (Lipinski definition) is 6. The number of fused-ring (bicyclic) bond motifs is 1. The predicted octanol–water partition coefficient (Wildman–Crippen LogP) is 1.43. The number of carbonyl (C=O) groups excluding carboxylic acids is 1. The number of nitrogens with one attached hydrogen (secondary N) is 3. The summed E-state index contributed by atoms with van der Waals surface area (Å²) >= 11 is 1.18. The normalized spacial score (nSPS) is 28.7. The van der Waals surface area contributed by atoms with Crippen molar-refractivity contribution in [1.29, 1.82) is 0 Å². The van der Waals surface area contributed by atoms with E-state index in [-0.39, 0.29) is 6.03 Å². The molecule has 3 N–H and O–H groups in total. The zero-order valence-electron chi connectivity index (χ0n) is 12.2. The number of aromatic nitrogens is 2. The minimum atomic E-state index is -0.111. The summed E-state index contributed by atoms with van der Waals surface area (Å²) in [5.74, 6) is 0.618. The standard InChI is InChI=1S/C13H22N6OS/c1-19(13(20)15-12-7-14-18-21-12)8-11-9-5-3-2-4-6-10(9)16-17-11/h7,9-11,16-17H,2-6,8H2,1H3,(H,15,20). The van der Waals surface area contributed by atoms with Crippen LogP contribution in [0.25, 0.3) is 0 Å². The van der Waals surface area contributed by atoms with Gasteiger partial charge < -0.3 is 4.90 Å². The Kier molecular flexibility index (Phi) is 4.67. The van der Waals surface area contributed by atoms with Crippen LogP contribution < -0.4 is 16.2 Å². The summed E-state index contributed by atoms with van der Waals surface area (Å²) in [5, 5.41) is 7.20. The molecule has 0 aromatic carbocycles. The van der Waals surface area contributed by atoms with Gasteiger partial charge in [0.05, 0.1) is 6.20 Å². The molecule has 3 rings (SSSR count). The van der Waals surface area contributed by atoms with Gasteiger partial charge in [0.2, 0.25) is 0 Å². The van der Waals surface area contributed by atoms with E-state index in [9.17, 15) is 4.79 Å². The molecule has 2 fully saturated rings. The van der Waals surface area contributed by atoms with Gasteiger partial charge >= 0.3 is 6.03 Å². The smallest absolute Gasteiger partial charge is 0.322 e. The first kappa shape index (κ1) is 14.7. The van der Waals surface area contributed by atoms with Crippen molar-refractivity contribution < 1.29 is 4.79 Å². The highest BCUT2D eigenvalue weighted by Gasteiger charge is 2.37. The van der Waals surface area contributed by atoms with Crippen LogP contribution in [0.5, 0.6) is 0 Å². The molecule has 1 aromatic rings. The quantitative estimate of drug-likeness (QED) is 0.787. The van der Waals surface area contributed by atoms with Gasteiger partial charge in [-0.2, -0.15) is 0 Å². The zero-order valence-corrected chi connectivity index (χ0v) is 13.0. The molecule has 2 aliphatic rings. The fourth-order valence-electron chi connectivity index (χ4n) is 3.30. The molecule has 3 atom stereocenters. The molecule has 2 heterocycles. The molecule has 1 aliphatic carbocycles. The Labute approximate surface area is 128 Å². The summed E-state index contributed by atoms with van der Waals surface area (Å²) < 4.78 is 3.74. The Balaban J connectivity index is 1.54. The van der Waals surface area contributed by atoms with Crippen molar-refractivity contribution in [2.75, 3.05) is 18.9 Å². The summed E-state index contributed by atoms with van der Waals surface area (Å²) in [6.07, 6.45) is 7.96. The SMILES string of the molecule is CN(CC1NNC2CCCCCC21)C(=O)Nc1cnns1. The Morgan fingerprint density at radius 3 is 3.10 bits per heavy atom. The lowest BCUT2D eigenvalue weighted by Crippen LogP contribution is -2.44. The van der Waals surface area contributed by atoms with Crippen molar-refractivity contribution in [2.45, 2.75) is 44.2 Å². The van der Waals surface area contributed by atoms with Crippen LogP contribution in [0.3, 0.4) is 0 Å². The van der Waals surface area contributed by atoms with Crippen LogP contribution in [0.2, 0.25) is 0 Å². The molecule has 0 radical (unpaired) electrons. The third-order valence-corrected chi connectivity index (χ3v) is 5.03. The van der Waals surface area contributed by atoms with Gasteiger partial charge in [0.25, 0.3) is 0 Å². The summed E-state index contributed by atoms with van der Waals surface area (Å²) in [7, 11) is 1.83. The van der Waals surface area contributed by atoms with E-state index >= 15 is 0 Å². The fourth-order valence-corrected chi connectivity index (χ4v) is 3.71. The average Bonchev–Trinajstić information content (AvgIpc) is 3.04. The topological polar surface area (TPSA) is 82.2 Å². The van der Waals surface area contributed by atoms with E-state index < -0.39 is 0 Å². The maximum atomic E-state index is 12.1. The van der Waals surface area contributed by atoms with Gasteiger partial charge in [-0.3, -0.25) is 16.2 Å². The molecule has 0 spiro atoms. The van der Waals surface area contributed by atoms with Crippen molar-refractivity contribution >= 4 is 22.6 Å². The van der Waals surface area contributed by atoms with E-state index in [0.717, 1.165) is 0 Å². The second kappa shape index (κ2) is 6.67. The number of anilines is 1. The van der Waals surface area contributed by atoms with E-state index in [1.54, 1.807) is 11.1 Å². The Hall–Kier alpha value is -1.25. The third kappa shape index (κ3) is 3.50. The number of hydrogen-bond donors (Lipinski definition) is 3. The van der Waals surface area contributed by atoms with E-state index in [4.69, 9.17) is 0 Å². The van der Waals surface area contributed by atoms with Crippen LogP contribution in [0, 0.1) is 5.92 Å². The summed E-state index contributed by atoms with van der Waals surface area (Å²) in [6, 6.07) is 0.767. The molecule has 3 unspecified atom stereocenters. The number of rotatable bonds is 3. The maximum Gasteiger partial charge on any atom is 0.322 e. The highest BCUT2D eigenvalue weighted by molar-refractivity contribution is 7.10. The number of likely N-dealkylation sites (N-methyl/N-ethyl adjacent to an activating group) is 1. The molecule has 116 valence electrons. The van der Waals surface area contributed by atoms with Gasteiger partial charge in [0.15, 0.2) is 0 Å². The van der Waals surface area contributed by atoms with Crippen molar-refractivity contribution in [2.24, 2.45) is 5.92 Å². The van der Waals surface area contributed by atoms with E-state index in [0.29, 0.717) is 29.5 Å². The molecule has 8 heteroatoms. The Bertz CT molecular complexity index is 467. The van der Waals surface area contributed by atoms with Crippen molar-refractivity contribution in [3.63, 3.8) is 0 Å². The average molecular weight is 310 g/mol. The Morgan fingerprint density at radius 2 is 2.29 bits per heavy atom. The zero-order chi connectivity index (χ0) is 14.7. The number of nitrogens with zero attached hydrogens (tertiary/aromatic N) is 3. The monoisotopic (exact) mass is 310 g/mol. The van der Waals surface area contributed by atoms with Crippen LogP contribution in [0.1, 0.15) is 32.1 Å². The molecule has 1 aliphatic heterocycles. The second-order valence-electron chi connectivity index (χ2n) is 5.90. The largest absolute Gasteiger partial charge is 0.326 e. The fraction of sp³-hybridized carbons (Fsp3) is 0.769. The van der Waals surface area contributed by atoms with Crippen molar-refractivity contribution in [3.05, 3.63) is 6.20 Å². The van der Waals surface area contributed by atoms with Crippen LogP contribution in [0.15, 0.2) is 6.20 Å². The molecule has 0 bridgehead atoms. The van der Waals surface area contributed by atoms with Gasteiger partial charge in [-0.25, -0.2) is 4.79 Å². The molecule has 7 nitrogen and oxygen atoms in total. The molecule has 2 amide bonds. The number of amides is 2. The first-order chi connectivity index (χ1) is 10.2. The predicted molar refractivity (Wildman–Crippen MR) is 82.0 cm³/mol. The van der Waals surface area contributed by atoms with Gasteiger partial charge in [0, 0.05) is 37.2 Å².